The lowest BCUT2D eigenvalue weighted by atomic mass is 10.3. The second-order valence-electron chi connectivity index (χ2n) is 2.66. The summed E-state index contributed by atoms with van der Waals surface area (Å²) in [5.41, 5.74) is 0. The van der Waals surface area contributed by atoms with Crippen LogP contribution in [-0.4, -0.2) is 54.7 Å². The van der Waals surface area contributed by atoms with Gasteiger partial charge in [0.25, 0.3) is 0 Å². The van der Waals surface area contributed by atoms with Gasteiger partial charge in [0.2, 0.25) is 5.91 Å². The zero-order valence-corrected chi connectivity index (χ0v) is 8.75. The Morgan fingerprint density at radius 1 is 1.62 bits per heavy atom. The van der Waals surface area contributed by atoms with Crippen LogP contribution in [-0.2, 0) is 9.53 Å². The number of halogens is 1. The fraction of sp³-hybridized carbons (Fsp3) is 0.875. The number of hydrogen-bond acceptors (Lipinski definition) is 3. The van der Waals surface area contributed by atoms with Crippen molar-refractivity contribution in [2.75, 3.05) is 33.4 Å². The molecule has 0 bridgehead atoms. The fourth-order valence-electron chi connectivity index (χ4n) is 0.906. The summed E-state index contributed by atoms with van der Waals surface area (Å²) in [7, 11) is 1.56. The van der Waals surface area contributed by atoms with E-state index in [1.54, 1.807) is 14.0 Å². The summed E-state index contributed by atoms with van der Waals surface area (Å²) in [5, 5.41) is 8.14. The minimum Gasteiger partial charge on any atom is -0.395 e. The Morgan fingerprint density at radius 2 is 2.23 bits per heavy atom. The molecule has 0 aliphatic heterocycles. The number of hydrogen-bond donors (Lipinski definition) is 1. The summed E-state index contributed by atoms with van der Waals surface area (Å²) in [4.78, 5) is 12.9. The van der Waals surface area contributed by atoms with Crippen LogP contribution in [0.25, 0.3) is 0 Å². The number of rotatable bonds is 6. The summed E-state index contributed by atoms with van der Waals surface area (Å²) >= 11 is 5.62. The zero-order valence-electron chi connectivity index (χ0n) is 7.99. The van der Waals surface area contributed by atoms with Gasteiger partial charge < -0.3 is 14.7 Å². The lowest BCUT2D eigenvalue weighted by molar-refractivity contribution is -0.131. The summed E-state index contributed by atoms with van der Waals surface area (Å²) in [6, 6.07) is 0. The highest BCUT2D eigenvalue weighted by atomic mass is 35.5. The van der Waals surface area contributed by atoms with E-state index < -0.39 is 5.38 Å². The first-order valence-corrected chi connectivity index (χ1v) is 4.59. The van der Waals surface area contributed by atoms with Gasteiger partial charge in [-0.2, -0.15) is 0 Å². The van der Waals surface area contributed by atoms with Gasteiger partial charge in [-0.25, -0.2) is 0 Å². The van der Waals surface area contributed by atoms with E-state index in [1.165, 1.54) is 4.90 Å². The minimum absolute atomic E-state index is 0.0565. The average molecular weight is 210 g/mol. The Bertz CT molecular complexity index is 152. The number of carbonyl (C=O) groups excluding carboxylic acids is 1. The maximum absolute atomic E-state index is 11.4. The molecule has 0 radical (unpaired) electrons. The van der Waals surface area contributed by atoms with Crippen LogP contribution in [0.4, 0.5) is 0 Å². The summed E-state index contributed by atoms with van der Waals surface area (Å²) in [6.07, 6.45) is 0. The minimum atomic E-state index is -0.552. The zero-order chi connectivity index (χ0) is 10.3. The van der Waals surface area contributed by atoms with Crippen LogP contribution in [0, 0.1) is 0 Å². The van der Waals surface area contributed by atoms with Gasteiger partial charge in [0.1, 0.15) is 5.38 Å². The van der Waals surface area contributed by atoms with E-state index >= 15 is 0 Å². The molecule has 4 nitrogen and oxygen atoms in total. The van der Waals surface area contributed by atoms with E-state index in [1.807, 2.05) is 0 Å². The first kappa shape index (κ1) is 12.7. The molecule has 0 spiro atoms. The molecule has 1 unspecified atom stereocenters. The molecule has 0 aromatic heterocycles. The van der Waals surface area contributed by atoms with Gasteiger partial charge >= 0.3 is 0 Å². The molecular formula is C8H16ClNO3. The molecule has 5 heteroatoms. The highest BCUT2D eigenvalue weighted by molar-refractivity contribution is 6.30. The number of methoxy groups -OCH3 is 1. The van der Waals surface area contributed by atoms with E-state index in [0.717, 1.165) is 0 Å². The predicted octanol–water partition coefficient (Wildman–Crippen LogP) is 0.0810. The highest BCUT2D eigenvalue weighted by Crippen LogP contribution is 2.01. The number of alkyl halides is 1. The Balaban J connectivity index is 3.99. The third-order valence-electron chi connectivity index (χ3n) is 1.59. The molecule has 0 rings (SSSR count). The standard InChI is InChI=1S/C8H16ClNO3/c1-7(9)8(12)10(3-5-11)4-6-13-2/h7,11H,3-6H2,1-2H3. The van der Waals surface area contributed by atoms with Crippen molar-refractivity contribution in [2.24, 2.45) is 0 Å². The number of ether oxygens (including phenoxy) is 1. The third kappa shape index (κ3) is 5.08. The quantitative estimate of drug-likeness (QED) is 0.631. The van der Waals surface area contributed by atoms with Gasteiger partial charge in [-0.1, -0.05) is 0 Å². The van der Waals surface area contributed by atoms with Crippen molar-refractivity contribution >= 4 is 17.5 Å². The van der Waals surface area contributed by atoms with Crippen molar-refractivity contribution in [1.82, 2.24) is 4.90 Å². The molecule has 1 amide bonds. The Kier molecular flexibility index (Phi) is 6.94. The third-order valence-corrected chi connectivity index (χ3v) is 1.77. The Labute approximate surface area is 83.4 Å². The topological polar surface area (TPSA) is 49.8 Å². The van der Waals surface area contributed by atoms with Gasteiger partial charge in [-0.3, -0.25) is 4.79 Å². The van der Waals surface area contributed by atoms with Gasteiger partial charge in [0.05, 0.1) is 13.2 Å². The van der Waals surface area contributed by atoms with E-state index in [2.05, 4.69) is 0 Å². The molecular weight excluding hydrogens is 194 g/mol. The molecule has 0 heterocycles. The summed E-state index contributed by atoms with van der Waals surface area (Å²) in [6.45, 7) is 2.78. The van der Waals surface area contributed by atoms with Crippen LogP contribution in [0.1, 0.15) is 6.92 Å². The second kappa shape index (κ2) is 7.12. The SMILES string of the molecule is COCCN(CCO)C(=O)C(C)Cl. The summed E-state index contributed by atoms with van der Waals surface area (Å²) < 4.78 is 4.83. The smallest absolute Gasteiger partial charge is 0.240 e. The van der Waals surface area contributed by atoms with Gasteiger partial charge in [0, 0.05) is 20.2 Å². The first-order valence-electron chi connectivity index (χ1n) is 4.16. The molecule has 0 aromatic carbocycles. The van der Waals surface area contributed by atoms with Gasteiger partial charge in [-0.05, 0) is 6.92 Å². The Morgan fingerprint density at radius 3 is 2.62 bits per heavy atom. The molecule has 78 valence electrons. The molecule has 1 atom stereocenters. The fourth-order valence-corrected chi connectivity index (χ4v) is 1.04. The molecule has 0 aromatic rings. The van der Waals surface area contributed by atoms with Crippen molar-refractivity contribution < 1.29 is 14.6 Å². The van der Waals surface area contributed by atoms with Crippen molar-refractivity contribution in [3.05, 3.63) is 0 Å². The van der Waals surface area contributed by atoms with Crippen LogP contribution >= 0.6 is 11.6 Å². The number of aliphatic hydroxyl groups is 1. The number of nitrogens with zero attached hydrogens (tertiary/aromatic N) is 1. The molecule has 13 heavy (non-hydrogen) atoms. The molecule has 0 saturated carbocycles. The summed E-state index contributed by atoms with van der Waals surface area (Å²) in [5.74, 6) is -0.173. The molecule has 0 aliphatic carbocycles. The van der Waals surface area contributed by atoms with Crippen LogP contribution < -0.4 is 0 Å². The monoisotopic (exact) mass is 209 g/mol. The van der Waals surface area contributed by atoms with Crippen molar-refractivity contribution in [2.45, 2.75) is 12.3 Å². The van der Waals surface area contributed by atoms with Crippen LogP contribution in [0.15, 0.2) is 0 Å². The number of amides is 1. The van der Waals surface area contributed by atoms with Gasteiger partial charge in [-0.15, -0.1) is 11.6 Å². The maximum atomic E-state index is 11.4. The van der Waals surface area contributed by atoms with E-state index in [9.17, 15) is 4.79 Å². The second-order valence-corrected chi connectivity index (χ2v) is 3.31. The maximum Gasteiger partial charge on any atom is 0.240 e. The molecule has 0 aliphatic rings. The van der Waals surface area contributed by atoms with Crippen molar-refractivity contribution in [3.8, 4) is 0 Å². The lowest BCUT2D eigenvalue weighted by Crippen LogP contribution is -2.39. The largest absolute Gasteiger partial charge is 0.395 e. The van der Waals surface area contributed by atoms with E-state index in [4.69, 9.17) is 21.4 Å². The number of aliphatic hydroxyl groups excluding tert-OH is 1. The van der Waals surface area contributed by atoms with Crippen molar-refractivity contribution in [3.63, 3.8) is 0 Å². The van der Waals surface area contributed by atoms with Crippen molar-refractivity contribution in [1.29, 1.82) is 0 Å². The van der Waals surface area contributed by atoms with Crippen LogP contribution in [0.2, 0.25) is 0 Å². The van der Waals surface area contributed by atoms with E-state index in [0.29, 0.717) is 19.7 Å². The molecule has 0 fully saturated rings. The van der Waals surface area contributed by atoms with Crippen LogP contribution in [0.5, 0.6) is 0 Å². The highest BCUT2D eigenvalue weighted by Gasteiger charge is 2.17. The molecule has 1 N–H and O–H groups in total. The molecule has 0 saturated heterocycles. The first-order chi connectivity index (χ1) is 6.13. The van der Waals surface area contributed by atoms with Gasteiger partial charge in [0.15, 0.2) is 0 Å². The predicted molar refractivity (Wildman–Crippen MR) is 50.9 cm³/mol. The normalized spacial score (nSPS) is 12.6. The lowest BCUT2D eigenvalue weighted by Gasteiger charge is -2.22. The van der Waals surface area contributed by atoms with Crippen LogP contribution in [0.3, 0.4) is 0 Å². The number of carbonyl (C=O) groups is 1. The van der Waals surface area contributed by atoms with E-state index in [-0.39, 0.29) is 12.5 Å². The average Bonchev–Trinajstić information content (AvgIpc) is 2.11. The Hall–Kier alpha value is -0.320.